The molecule has 0 saturated heterocycles. The van der Waals surface area contributed by atoms with Crippen LogP contribution in [0.15, 0.2) is 18.2 Å². The Morgan fingerprint density at radius 1 is 1.29 bits per heavy atom. The van der Waals surface area contributed by atoms with Crippen LogP contribution in [0.1, 0.15) is 26.7 Å². The number of thiazole rings is 1. The topological polar surface area (TPSA) is 81.2 Å². The number of hydrogen-bond donors (Lipinski definition) is 2. The lowest BCUT2D eigenvalue weighted by Crippen LogP contribution is -2.11. The molecule has 0 atom stereocenters. The molecular formula is C15H19N3O2S. The highest BCUT2D eigenvalue weighted by molar-refractivity contribution is 7.13. The number of rotatable bonds is 6. The van der Waals surface area contributed by atoms with E-state index in [2.05, 4.69) is 4.98 Å². The number of para-hydroxylation sites is 1. The molecule has 0 aliphatic rings. The van der Waals surface area contributed by atoms with Crippen LogP contribution < -0.4 is 10.5 Å². The van der Waals surface area contributed by atoms with Gasteiger partial charge >= 0.3 is 0 Å². The second-order valence-corrected chi connectivity index (χ2v) is 5.82. The summed E-state index contributed by atoms with van der Waals surface area (Å²) in [7, 11) is 1.59. The molecule has 21 heavy (non-hydrogen) atoms. The number of benzene rings is 1. The Labute approximate surface area is 128 Å². The quantitative estimate of drug-likeness (QED) is 0.635. The molecule has 0 fully saturated rings. The van der Waals surface area contributed by atoms with Gasteiger partial charge < -0.3 is 15.2 Å². The maximum atomic E-state index is 7.58. The molecule has 1 aromatic heterocycles. The number of ether oxygens (including phenoxy) is 2. The van der Waals surface area contributed by atoms with Crippen LogP contribution in [0.4, 0.5) is 0 Å². The molecule has 0 saturated carbocycles. The minimum atomic E-state index is 0.0119. The van der Waals surface area contributed by atoms with E-state index in [4.69, 9.17) is 20.6 Å². The summed E-state index contributed by atoms with van der Waals surface area (Å²) in [6, 6.07) is 6.04. The van der Waals surface area contributed by atoms with Gasteiger partial charge in [-0.05, 0) is 25.0 Å². The highest BCUT2D eigenvalue weighted by Crippen LogP contribution is 2.25. The molecule has 3 N–H and O–H groups in total. The van der Waals surface area contributed by atoms with Gasteiger partial charge in [0.1, 0.15) is 23.2 Å². The summed E-state index contributed by atoms with van der Waals surface area (Å²) in [5.41, 5.74) is 8.45. The first-order chi connectivity index (χ1) is 10.0. The minimum Gasteiger partial charge on any atom is -0.486 e. The average Bonchev–Trinajstić information content (AvgIpc) is 2.82. The van der Waals surface area contributed by atoms with E-state index in [9.17, 15) is 0 Å². The smallest absolute Gasteiger partial charge is 0.140 e. The van der Waals surface area contributed by atoms with Gasteiger partial charge in [0, 0.05) is 7.11 Å². The molecule has 2 aromatic rings. The van der Waals surface area contributed by atoms with E-state index in [1.165, 1.54) is 11.3 Å². The van der Waals surface area contributed by atoms with Gasteiger partial charge in [0.15, 0.2) is 0 Å². The first-order valence-electron chi connectivity index (χ1n) is 6.53. The van der Waals surface area contributed by atoms with Crippen molar-refractivity contribution in [1.29, 1.82) is 5.41 Å². The summed E-state index contributed by atoms with van der Waals surface area (Å²) < 4.78 is 11.0. The second kappa shape index (κ2) is 6.69. The van der Waals surface area contributed by atoms with Crippen LogP contribution >= 0.6 is 11.3 Å². The molecule has 5 nitrogen and oxygen atoms in total. The van der Waals surface area contributed by atoms with Crippen molar-refractivity contribution in [3.8, 4) is 5.75 Å². The van der Waals surface area contributed by atoms with Gasteiger partial charge in [-0.2, -0.15) is 0 Å². The first-order valence-corrected chi connectivity index (χ1v) is 7.35. The van der Waals surface area contributed by atoms with Crippen molar-refractivity contribution in [1.82, 2.24) is 4.98 Å². The fourth-order valence-corrected chi connectivity index (χ4v) is 2.91. The second-order valence-electron chi connectivity index (χ2n) is 4.74. The number of aromatic nitrogens is 1. The molecule has 0 aliphatic carbocycles. The summed E-state index contributed by atoms with van der Waals surface area (Å²) in [5.74, 6) is 0.892. The van der Waals surface area contributed by atoms with Crippen LogP contribution in [-0.4, -0.2) is 17.9 Å². The SMILES string of the molecule is COCc1nc(COc2c(C)cccc2C)sc1C(=N)N. The van der Waals surface area contributed by atoms with Gasteiger partial charge in [0.25, 0.3) is 0 Å². The Bertz CT molecular complexity index is 632. The van der Waals surface area contributed by atoms with Gasteiger partial charge in [0.05, 0.1) is 17.2 Å². The van der Waals surface area contributed by atoms with Crippen molar-refractivity contribution in [3.05, 3.63) is 44.9 Å². The van der Waals surface area contributed by atoms with Gasteiger partial charge in [-0.3, -0.25) is 5.41 Å². The van der Waals surface area contributed by atoms with E-state index in [0.29, 0.717) is 23.8 Å². The van der Waals surface area contributed by atoms with Gasteiger partial charge in [-0.25, -0.2) is 4.98 Å². The minimum absolute atomic E-state index is 0.0119. The predicted molar refractivity (Wildman–Crippen MR) is 84.1 cm³/mol. The third kappa shape index (κ3) is 3.59. The predicted octanol–water partition coefficient (Wildman–Crippen LogP) is 2.77. The molecule has 1 heterocycles. The van der Waals surface area contributed by atoms with Crippen molar-refractivity contribution >= 4 is 17.2 Å². The number of nitrogen functional groups attached to an aromatic ring is 1. The van der Waals surface area contributed by atoms with Crippen molar-refractivity contribution in [2.75, 3.05) is 7.11 Å². The van der Waals surface area contributed by atoms with Crippen LogP contribution in [0, 0.1) is 19.3 Å². The number of nitrogens with two attached hydrogens (primary N) is 1. The third-order valence-electron chi connectivity index (χ3n) is 3.02. The molecular weight excluding hydrogens is 286 g/mol. The largest absolute Gasteiger partial charge is 0.486 e. The van der Waals surface area contributed by atoms with Gasteiger partial charge in [-0.1, -0.05) is 18.2 Å². The molecule has 0 aliphatic heterocycles. The Morgan fingerprint density at radius 2 is 1.95 bits per heavy atom. The van der Waals surface area contributed by atoms with Crippen molar-refractivity contribution < 1.29 is 9.47 Å². The van der Waals surface area contributed by atoms with Crippen LogP contribution in [0.2, 0.25) is 0 Å². The number of methoxy groups -OCH3 is 1. The molecule has 112 valence electrons. The highest BCUT2D eigenvalue weighted by Gasteiger charge is 2.14. The highest BCUT2D eigenvalue weighted by atomic mass is 32.1. The van der Waals surface area contributed by atoms with Crippen molar-refractivity contribution in [2.24, 2.45) is 5.73 Å². The van der Waals surface area contributed by atoms with Crippen LogP contribution in [0.5, 0.6) is 5.75 Å². The van der Waals surface area contributed by atoms with Gasteiger partial charge in [-0.15, -0.1) is 11.3 Å². The Morgan fingerprint density at radius 3 is 2.52 bits per heavy atom. The lowest BCUT2D eigenvalue weighted by Gasteiger charge is -2.10. The summed E-state index contributed by atoms with van der Waals surface area (Å²) >= 11 is 1.37. The normalized spacial score (nSPS) is 10.6. The maximum absolute atomic E-state index is 7.58. The van der Waals surface area contributed by atoms with E-state index in [1.54, 1.807) is 7.11 Å². The molecule has 6 heteroatoms. The Kier molecular flexibility index (Phi) is 4.93. The summed E-state index contributed by atoms with van der Waals surface area (Å²) in [5, 5.41) is 8.37. The Balaban J connectivity index is 2.17. The summed E-state index contributed by atoms with van der Waals surface area (Å²) in [6.45, 7) is 4.73. The van der Waals surface area contributed by atoms with Crippen molar-refractivity contribution in [2.45, 2.75) is 27.1 Å². The maximum Gasteiger partial charge on any atom is 0.140 e. The summed E-state index contributed by atoms with van der Waals surface area (Å²) in [4.78, 5) is 5.09. The zero-order valence-electron chi connectivity index (χ0n) is 12.4. The van der Waals surface area contributed by atoms with Crippen LogP contribution in [-0.2, 0) is 18.0 Å². The van der Waals surface area contributed by atoms with E-state index < -0.39 is 0 Å². The van der Waals surface area contributed by atoms with Crippen molar-refractivity contribution in [3.63, 3.8) is 0 Å². The average molecular weight is 305 g/mol. The number of nitrogens with zero attached hydrogens (tertiary/aromatic N) is 1. The van der Waals surface area contributed by atoms with Gasteiger partial charge in [0.2, 0.25) is 0 Å². The van der Waals surface area contributed by atoms with Crippen LogP contribution in [0.3, 0.4) is 0 Å². The lowest BCUT2D eigenvalue weighted by atomic mass is 10.1. The fourth-order valence-electron chi connectivity index (χ4n) is 2.07. The van der Waals surface area contributed by atoms with E-state index in [-0.39, 0.29) is 5.84 Å². The summed E-state index contributed by atoms with van der Waals surface area (Å²) in [6.07, 6.45) is 0. The molecule has 2 rings (SSSR count). The van der Waals surface area contributed by atoms with E-state index >= 15 is 0 Å². The molecule has 1 aromatic carbocycles. The molecule has 0 radical (unpaired) electrons. The number of amidine groups is 1. The first kappa shape index (κ1) is 15.5. The molecule has 0 unspecified atom stereocenters. The molecule has 0 spiro atoms. The monoisotopic (exact) mass is 305 g/mol. The number of hydrogen-bond acceptors (Lipinski definition) is 5. The lowest BCUT2D eigenvalue weighted by molar-refractivity contribution is 0.181. The van der Waals surface area contributed by atoms with Crippen LogP contribution in [0.25, 0.3) is 0 Å². The zero-order valence-corrected chi connectivity index (χ0v) is 13.2. The van der Waals surface area contributed by atoms with E-state index in [0.717, 1.165) is 21.9 Å². The fraction of sp³-hybridized carbons (Fsp3) is 0.333. The molecule has 0 bridgehead atoms. The van der Waals surface area contributed by atoms with E-state index in [1.807, 2.05) is 32.0 Å². The number of nitrogens with one attached hydrogen (secondary N) is 1. The Hall–Kier alpha value is -1.92. The third-order valence-corrected chi connectivity index (χ3v) is 4.12. The zero-order chi connectivity index (χ0) is 15.4. The standard InChI is InChI=1S/C15H19N3O2S/c1-9-5-4-6-10(2)13(9)20-8-12-18-11(7-19-3)14(21-12)15(16)17/h4-6H,7-8H2,1-3H3,(H3,16,17). The molecule has 0 amide bonds. The number of aryl methyl sites for hydroxylation is 2.